The molecule has 0 fully saturated rings. The molecule has 4 heteroatoms. The van der Waals surface area contributed by atoms with E-state index < -0.39 is 0 Å². The van der Waals surface area contributed by atoms with Crippen LogP contribution < -0.4 is 5.73 Å². The van der Waals surface area contributed by atoms with Crippen LogP contribution in [0.1, 0.15) is 6.42 Å². The number of hydrogen-bond acceptors (Lipinski definition) is 2. The summed E-state index contributed by atoms with van der Waals surface area (Å²) in [7, 11) is 6.50. The molecule has 0 aromatic heterocycles. The topological polar surface area (TPSA) is 49.9 Å². The quantitative estimate of drug-likeness (QED) is 0.287. The molecule has 0 saturated carbocycles. The van der Waals surface area contributed by atoms with Gasteiger partial charge in [0.1, 0.15) is 0 Å². The van der Waals surface area contributed by atoms with E-state index in [-0.39, 0.29) is 5.17 Å². The highest BCUT2D eigenvalue weighted by Crippen LogP contribution is 2.02. The number of hydrogen-bond donors (Lipinski definition) is 2. The Balaban J connectivity index is 3.22. The average molecular weight is 176 g/mol. The average Bonchev–Trinajstić information content (AvgIpc) is 1.78. The van der Waals surface area contributed by atoms with E-state index in [1.54, 1.807) is 0 Å². The minimum Gasteiger partial charge on any atom is -0.379 e. The molecule has 0 amide bonds. The minimum absolute atomic E-state index is 0.228. The van der Waals surface area contributed by atoms with Crippen molar-refractivity contribution in [2.75, 3.05) is 33.4 Å². The van der Waals surface area contributed by atoms with Gasteiger partial charge in [0, 0.05) is 12.2 Å². The van der Waals surface area contributed by atoms with E-state index in [4.69, 9.17) is 11.1 Å². The molecule has 3 N–H and O–H groups in total. The second-order valence-electron chi connectivity index (χ2n) is 3.58. The van der Waals surface area contributed by atoms with Crippen molar-refractivity contribution < 1.29 is 4.48 Å². The van der Waals surface area contributed by atoms with Crippen LogP contribution in [-0.4, -0.2) is 43.1 Å². The van der Waals surface area contributed by atoms with Gasteiger partial charge in [-0.15, -0.1) is 0 Å². The predicted octanol–water partition coefficient (Wildman–Crippen LogP) is 0.709. The Morgan fingerprint density at radius 1 is 1.45 bits per heavy atom. The van der Waals surface area contributed by atoms with Crippen LogP contribution >= 0.6 is 11.8 Å². The number of nitrogens with zero attached hydrogens (tertiary/aromatic N) is 1. The lowest BCUT2D eigenvalue weighted by molar-refractivity contribution is -0.870. The number of nitrogens with two attached hydrogens (primary N) is 1. The molecule has 0 aliphatic carbocycles. The SMILES string of the molecule is C[N+](C)(C)CCCSC(=N)N. The first-order chi connectivity index (χ1) is 4.92. The standard InChI is InChI=1S/C7H18N3S/c1-10(2,3)5-4-6-11-7(8)9/h4-6H2,1-3H3,(H3,8,9)/q+1. The Bertz CT molecular complexity index is 128. The molecule has 3 nitrogen and oxygen atoms in total. The number of rotatable bonds is 4. The Labute approximate surface area is 73.0 Å². The summed E-state index contributed by atoms with van der Waals surface area (Å²) in [6.07, 6.45) is 1.12. The monoisotopic (exact) mass is 176 g/mol. The second kappa shape index (κ2) is 4.62. The molecule has 0 bridgehead atoms. The molecule has 0 aliphatic rings. The molecule has 66 valence electrons. The molecule has 11 heavy (non-hydrogen) atoms. The third-order valence-corrected chi connectivity index (χ3v) is 2.03. The third-order valence-electron chi connectivity index (χ3n) is 1.23. The number of nitrogens with one attached hydrogen (secondary N) is 1. The number of amidine groups is 1. The number of thioether (sulfide) groups is 1. The van der Waals surface area contributed by atoms with Gasteiger partial charge < -0.3 is 10.2 Å². The van der Waals surface area contributed by atoms with Gasteiger partial charge in [-0.3, -0.25) is 5.41 Å². The van der Waals surface area contributed by atoms with Crippen LogP contribution in [0, 0.1) is 5.41 Å². The number of quaternary nitrogens is 1. The van der Waals surface area contributed by atoms with Crippen molar-refractivity contribution in [3.8, 4) is 0 Å². The minimum atomic E-state index is 0.228. The van der Waals surface area contributed by atoms with Crippen molar-refractivity contribution >= 4 is 16.9 Å². The highest BCUT2D eigenvalue weighted by Gasteiger charge is 2.05. The molecular weight excluding hydrogens is 158 g/mol. The van der Waals surface area contributed by atoms with Crippen molar-refractivity contribution in [2.24, 2.45) is 5.73 Å². The molecule has 0 aromatic rings. The van der Waals surface area contributed by atoms with Crippen LogP contribution in [-0.2, 0) is 0 Å². The van der Waals surface area contributed by atoms with Crippen LogP contribution in [0.2, 0.25) is 0 Å². The lowest BCUT2D eigenvalue weighted by atomic mass is 10.4. The zero-order valence-electron chi connectivity index (χ0n) is 7.55. The van der Waals surface area contributed by atoms with Gasteiger partial charge in [-0.25, -0.2) is 0 Å². The highest BCUT2D eigenvalue weighted by atomic mass is 32.2. The van der Waals surface area contributed by atoms with Gasteiger partial charge in [0.15, 0.2) is 5.17 Å². The van der Waals surface area contributed by atoms with Gasteiger partial charge in [-0.2, -0.15) is 0 Å². The maximum Gasteiger partial charge on any atom is 0.151 e. The van der Waals surface area contributed by atoms with Gasteiger partial charge in [0.2, 0.25) is 0 Å². The maximum atomic E-state index is 6.96. The van der Waals surface area contributed by atoms with Gasteiger partial charge in [0.25, 0.3) is 0 Å². The molecule has 0 aliphatic heterocycles. The molecule has 0 radical (unpaired) electrons. The van der Waals surface area contributed by atoms with Gasteiger partial charge in [-0.05, 0) is 0 Å². The molecular formula is C7H18N3S+. The molecule has 0 heterocycles. The fourth-order valence-electron chi connectivity index (χ4n) is 0.721. The lowest BCUT2D eigenvalue weighted by Gasteiger charge is -2.23. The molecule has 0 spiro atoms. The smallest absolute Gasteiger partial charge is 0.151 e. The summed E-state index contributed by atoms with van der Waals surface area (Å²) in [6.45, 7) is 1.14. The summed E-state index contributed by atoms with van der Waals surface area (Å²) in [4.78, 5) is 0. The Morgan fingerprint density at radius 3 is 2.36 bits per heavy atom. The largest absolute Gasteiger partial charge is 0.379 e. The summed E-state index contributed by atoms with van der Waals surface area (Å²) in [5, 5.41) is 7.19. The van der Waals surface area contributed by atoms with Crippen molar-refractivity contribution in [2.45, 2.75) is 6.42 Å². The zero-order valence-corrected chi connectivity index (χ0v) is 8.37. The molecule has 0 unspecified atom stereocenters. The Hall–Kier alpha value is -0.220. The highest BCUT2D eigenvalue weighted by molar-refractivity contribution is 8.13. The first-order valence-electron chi connectivity index (χ1n) is 3.69. The molecule has 0 rings (SSSR count). The van der Waals surface area contributed by atoms with Crippen molar-refractivity contribution in [3.63, 3.8) is 0 Å². The Kier molecular flexibility index (Phi) is 4.52. The first kappa shape index (κ1) is 10.8. The summed E-state index contributed by atoms with van der Waals surface area (Å²) < 4.78 is 0.985. The van der Waals surface area contributed by atoms with E-state index in [1.165, 1.54) is 11.8 Å². The van der Waals surface area contributed by atoms with Crippen molar-refractivity contribution in [1.82, 2.24) is 0 Å². The third kappa shape index (κ3) is 9.78. The van der Waals surface area contributed by atoms with Crippen LogP contribution in [0.25, 0.3) is 0 Å². The van der Waals surface area contributed by atoms with Gasteiger partial charge >= 0.3 is 0 Å². The van der Waals surface area contributed by atoms with Crippen LogP contribution in [0.15, 0.2) is 0 Å². The van der Waals surface area contributed by atoms with Crippen LogP contribution in [0.3, 0.4) is 0 Å². The molecule has 0 aromatic carbocycles. The summed E-state index contributed by atoms with van der Waals surface area (Å²) >= 11 is 1.42. The van der Waals surface area contributed by atoms with Gasteiger partial charge in [-0.1, -0.05) is 11.8 Å². The predicted molar refractivity (Wildman–Crippen MR) is 51.9 cm³/mol. The summed E-state index contributed by atoms with van der Waals surface area (Å²) in [6, 6.07) is 0. The summed E-state index contributed by atoms with van der Waals surface area (Å²) in [5.41, 5.74) is 5.18. The maximum absolute atomic E-state index is 6.96. The Morgan fingerprint density at radius 2 is 2.00 bits per heavy atom. The van der Waals surface area contributed by atoms with Crippen molar-refractivity contribution in [1.29, 1.82) is 5.41 Å². The molecule has 0 saturated heterocycles. The zero-order chi connectivity index (χ0) is 8.91. The lowest BCUT2D eigenvalue weighted by Crippen LogP contribution is -2.35. The second-order valence-corrected chi connectivity index (χ2v) is 4.72. The fraction of sp³-hybridized carbons (Fsp3) is 0.857. The summed E-state index contributed by atoms with van der Waals surface area (Å²) in [5.74, 6) is 0.963. The van der Waals surface area contributed by atoms with E-state index >= 15 is 0 Å². The van der Waals surface area contributed by atoms with Crippen molar-refractivity contribution in [3.05, 3.63) is 0 Å². The van der Waals surface area contributed by atoms with Crippen LogP contribution in [0.5, 0.6) is 0 Å². The fourth-order valence-corrected chi connectivity index (χ4v) is 1.21. The first-order valence-corrected chi connectivity index (χ1v) is 4.67. The van der Waals surface area contributed by atoms with E-state index in [0.29, 0.717) is 0 Å². The van der Waals surface area contributed by atoms with E-state index in [0.717, 1.165) is 23.2 Å². The van der Waals surface area contributed by atoms with E-state index in [9.17, 15) is 0 Å². The van der Waals surface area contributed by atoms with E-state index in [1.807, 2.05) is 0 Å². The van der Waals surface area contributed by atoms with E-state index in [2.05, 4.69) is 21.1 Å². The normalized spacial score (nSPS) is 11.5. The van der Waals surface area contributed by atoms with Crippen LogP contribution in [0.4, 0.5) is 0 Å². The van der Waals surface area contributed by atoms with Gasteiger partial charge in [0.05, 0.1) is 27.7 Å². The molecule has 0 atom stereocenters.